The van der Waals surface area contributed by atoms with E-state index in [1.165, 1.54) is 20.8 Å². The predicted molar refractivity (Wildman–Crippen MR) is 77.0 cm³/mol. The quantitative estimate of drug-likeness (QED) is 0.316. The Bertz CT molecular complexity index is 346. The number of hydrogen-bond donors (Lipinski definition) is 0. The van der Waals surface area contributed by atoms with Crippen LogP contribution in [0.1, 0.15) is 27.7 Å². The van der Waals surface area contributed by atoms with Crippen LogP contribution in [0.3, 0.4) is 0 Å². The molecule has 0 aromatic carbocycles. The van der Waals surface area contributed by atoms with Crippen molar-refractivity contribution in [1.82, 2.24) is 0 Å². The zero-order valence-corrected chi connectivity index (χ0v) is 16.0. The fourth-order valence-corrected chi connectivity index (χ4v) is 0.198. The van der Waals surface area contributed by atoms with E-state index < -0.39 is 17.9 Å². The van der Waals surface area contributed by atoms with E-state index >= 15 is 0 Å². The first-order chi connectivity index (χ1) is 10.7. The van der Waals surface area contributed by atoms with Gasteiger partial charge in [0.1, 0.15) is 0 Å². The molecule has 0 fully saturated rings. The molecule has 24 heavy (non-hydrogen) atoms. The number of carboxylic acids is 3. The molecule has 0 aliphatic heterocycles. The number of rotatable bonds is 5. The average molecular weight is 378 g/mol. The van der Waals surface area contributed by atoms with E-state index in [1.807, 2.05) is 6.92 Å². The second kappa shape index (κ2) is 19.3. The maximum absolute atomic E-state index is 9.49. The summed E-state index contributed by atoms with van der Waals surface area (Å²) in [6, 6.07) is 0. The van der Waals surface area contributed by atoms with Crippen molar-refractivity contribution in [2.75, 3.05) is 7.11 Å². The third-order valence-corrected chi connectivity index (χ3v) is 2.06. The molecule has 0 heterocycles. The van der Waals surface area contributed by atoms with Crippen molar-refractivity contribution in [2.45, 2.75) is 34.0 Å². The van der Waals surface area contributed by atoms with Gasteiger partial charge in [0.15, 0.2) is 0 Å². The molecule has 0 rings (SSSR count). The van der Waals surface area contributed by atoms with Crippen LogP contribution in [0.15, 0.2) is 36.5 Å². The summed E-state index contributed by atoms with van der Waals surface area (Å²) in [6.07, 6.45) is -0.0648. The van der Waals surface area contributed by atoms with E-state index in [4.69, 9.17) is 0 Å². The third kappa shape index (κ3) is 37.0. The number of hydrogen-bond acceptors (Lipinski definition) is 8. The molecule has 134 valence electrons. The summed E-state index contributed by atoms with van der Waals surface area (Å²) < 4.78 is 9.35. The number of aliphatic carboxylic acids is 3. The molecule has 0 amide bonds. The molecular formula is C15H22O8Ti. The number of ether oxygens (including phenoxy) is 1. The van der Waals surface area contributed by atoms with Crippen molar-refractivity contribution in [3.05, 3.63) is 36.5 Å². The molecule has 0 aromatic rings. The molecule has 0 saturated carbocycles. The summed E-state index contributed by atoms with van der Waals surface area (Å²) in [6.45, 7) is 15.3. The van der Waals surface area contributed by atoms with Gasteiger partial charge in [-0.15, -0.1) is 0 Å². The van der Waals surface area contributed by atoms with E-state index in [-0.39, 0.29) is 23.0 Å². The van der Waals surface area contributed by atoms with Crippen molar-refractivity contribution in [3.8, 4) is 0 Å². The van der Waals surface area contributed by atoms with Crippen molar-refractivity contribution < 1.29 is 58.6 Å². The fraction of sp³-hybridized carbons (Fsp3) is 0.400. The average Bonchev–Trinajstić information content (AvgIpc) is 2.47. The SMILES string of the molecule is C=C(C)C(=O)[O-].C=C(C)C(=O)[O-].C=C(C)C(=O)[O-].COC(C)[O][Ti+3]. The monoisotopic (exact) mass is 378 g/mol. The van der Waals surface area contributed by atoms with Crippen molar-refractivity contribution in [2.24, 2.45) is 0 Å². The molecule has 0 N–H and O–H groups in total. The van der Waals surface area contributed by atoms with Crippen LogP contribution in [0.4, 0.5) is 0 Å². The summed E-state index contributed by atoms with van der Waals surface area (Å²) in [5, 5.41) is 28.5. The molecule has 1 atom stereocenters. The molecular weight excluding hydrogens is 356 g/mol. The summed E-state index contributed by atoms with van der Waals surface area (Å²) in [4.78, 5) is 28.5. The standard InChI is InChI=1S/3C4H6O2.C3H7O2.Ti/c3*1-3(2)4(5)6;1-3(4)5-2;/h3*1H2,2H3,(H,5,6);3H,1-2H3;/q;;;-1;+4/p-3. The van der Waals surface area contributed by atoms with Gasteiger partial charge >= 0.3 is 49.2 Å². The number of carbonyl (C=O) groups excluding carboxylic acids is 3. The Morgan fingerprint density at radius 2 is 1.00 bits per heavy atom. The summed E-state index contributed by atoms with van der Waals surface area (Å²) >= 11 is 1.61. The number of methoxy groups -OCH3 is 1. The Kier molecular flexibility index (Phi) is 24.3. The first-order valence-electron chi connectivity index (χ1n) is 6.20. The van der Waals surface area contributed by atoms with Gasteiger partial charge in [-0.05, 0) is 37.5 Å². The fourth-order valence-electron chi connectivity index (χ4n) is 0.0481. The van der Waals surface area contributed by atoms with E-state index in [0.717, 1.165) is 0 Å². The van der Waals surface area contributed by atoms with Crippen LogP contribution in [0.25, 0.3) is 0 Å². The Morgan fingerprint density at radius 1 is 0.833 bits per heavy atom. The zero-order chi connectivity index (χ0) is 20.5. The van der Waals surface area contributed by atoms with Crippen LogP contribution in [0.5, 0.6) is 0 Å². The molecule has 0 aromatic heterocycles. The molecule has 0 spiro atoms. The molecule has 8 nitrogen and oxygen atoms in total. The molecule has 0 aliphatic rings. The Hall–Kier alpha value is -1.74. The van der Waals surface area contributed by atoms with Gasteiger partial charge in [-0.1, -0.05) is 19.7 Å². The molecule has 0 radical (unpaired) electrons. The number of carbonyl (C=O) groups is 3. The molecule has 1 unspecified atom stereocenters. The van der Waals surface area contributed by atoms with Gasteiger partial charge < -0.3 is 29.7 Å². The van der Waals surface area contributed by atoms with Crippen molar-refractivity contribution in [3.63, 3.8) is 0 Å². The van der Waals surface area contributed by atoms with Crippen LogP contribution < -0.4 is 15.3 Å². The molecule has 0 saturated heterocycles. The summed E-state index contributed by atoms with van der Waals surface area (Å²) in [5.41, 5.74) is 0.194. The first-order valence-corrected chi connectivity index (χ1v) is 6.83. The first kappa shape index (κ1) is 30.2. The van der Waals surface area contributed by atoms with Gasteiger partial charge in [0, 0.05) is 0 Å². The van der Waals surface area contributed by atoms with Crippen LogP contribution in [-0.4, -0.2) is 31.3 Å². The van der Waals surface area contributed by atoms with Gasteiger partial charge in [0.05, 0.1) is 17.9 Å². The van der Waals surface area contributed by atoms with E-state index in [1.54, 1.807) is 27.9 Å². The Labute approximate surface area is 154 Å². The normalized spacial score (nSPS) is 9.29. The molecule has 0 aliphatic carbocycles. The van der Waals surface area contributed by atoms with E-state index in [9.17, 15) is 29.7 Å². The van der Waals surface area contributed by atoms with E-state index in [2.05, 4.69) is 27.8 Å². The van der Waals surface area contributed by atoms with Gasteiger partial charge in [-0.25, -0.2) is 0 Å². The second-order valence-corrected chi connectivity index (χ2v) is 4.49. The van der Waals surface area contributed by atoms with Crippen LogP contribution >= 0.6 is 0 Å². The number of carboxylic acid groups (broad SMARTS) is 3. The predicted octanol–water partition coefficient (Wildman–Crippen LogP) is -1.61. The van der Waals surface area contributed by atoms with Gasteiger partial charge in [0.2, 0.25) is 0 Å². The molecule has 0 bridgehead atoms. The minimum atomic E-state index is -1.19. The summed E-state index contributed by atoms with van der Waals surface area (Å²) in [5.74, 6) is -3.56. The van der Waals surface area contributed by atoms with E-state index in [0.29, 0.717) is 0 Å². The van der Waals surface area contributed by atoms with Crippen LogP contribution in [0, 0.1) is 0 Å². The third-order valence-electron chi connectivity index (χ3n) is 1.54. The Balaban J connectivity index is -0.000000111. The van der Waals surface area contributed by atoms with Gasteiger partial charge in [-0.2, -0.15) is 0 Å². The van der Waals surface area contributed by atoms with Gasteiger partial charge in [0.25, 0.3) is 0 Å². The molecule has 9 heteroatoms. The van der Waals surface area contributed by atoms with Crippen molar-refractivity contribution >= 4 is 17.9 Å². The minimum absolute atomic E-state index is 0.0648. The Morgan fingerprint density at radius 3 is 1.00 bits per heavy atom. The second-order valence-electron chi connectivity index (χ2n) is 4.12. The topological polar surface area (TPSA) is 139 Å². The van der Waals surface area contributed by atoms with Crippen LogP contribution in [-0.2, 0) is 43.3 Å². The van der Waals surface area contributed by atoms with Crippen LogP contribution in [0.2, 0.25) is 0 Å². The maximum atomic E-state index is 9.49. The zero-order valence-electron chi connectivity index (χ0n) is 14.5. The summed E-state index contributed by atoms with van der Waals surface area (Å²) in [7, 11) is 1.61. The van der Waals surface area contributed by atoms with Crippen molar-refractivity contribution in [1.29, 1.82) is 0 Å². The van der Waals surface area contributed by atoms with Gasteiger partial charge in [-0.3, -0.25) is 0 Å².